The van der Waals surface area contributed by atoms with E-state index >= 15 is 0 Å². The molecule has 0 atom stereocenters. The molecule has 0 unspecified atom stereocenters. The Balaban J connectivity index is 0.000000178. The molecule has 0 aliphatic rings. The second-order valence-electron chi connectivity index (χ2n) is 18.3. The number of hydrogen-bond acceptors (Lipinski definition) is 8. The van der Waals surface area contributed by atoms with Crippen LogP contribution in [0, 0.1) is 0 Å². The van der Waals surface area contributed by atoms with E-state index in [0.717, 1.165) is 88.4 Å². The highest BCUT2D eigenvalue weighted by atomic mass is 16.2. The highest BCUT2D eigenvalue weighted by Gasteiger charge is 2.11. The summed E-state index contributed by atoms with van der Waals surface area (Å²) in [6.07, 6.45) is 10.1. The molecule has 4 amide bonds. The van der Waals surface area contributed by atoms with Crippen LogP contribution in [0.4, 0.5) is 0 Å². The van der Waals surface area contributed by atoms with Gasteiger partial charge in [-0.25, -0.2) is 21.7 Å². The fourth-order valence-corrected chi connectivity index (χ4v) is 8.89. The predicted octanol–water partition coefficient (Wildman–Crippen LogP) is 12.7. The van der Waals surface area contributed by atoms with Crippen molar-refractivity contribution in [1.82, 2.24) is 41.6 Å². The van der Waals surface area contributed by atoms with Crippen LogP contribution >= 0.6 is 0 Å². The highest BCUT2D eigenvalue weighted by Crippen LogP contribution is 2.24. The summed E-state index contributed by atoms with van der Waals surface area (Å²) >= 11 is 0. The Morgan fingerprint density at radius 1 is 0.341 bits per heavy atom. The molecule has 0 spiro atoms. The molecule has 16 nitrogen and oxygen atoms in total. The molecule has 4 aromatic heterocycles. The average molecular weight is 1080 g/mol. The molecule has 82 heavy (non-hydrogen) atoms. The van der Waals surface area contributed by atoms with Gasteiger partial charge in [-0.05, 0) is 107 Å². The van der Waals surface area contributed by atoms with E-state index < -0.39 is 0 Å². The van der Waals surface area contributed by atoms with Gasteiger partial charge in [0.25, 0.3) is 23.6 Å². The van der Waals surface area contributed by atoms with Crippen LogP contribution in [-0.2, 0) is 0 Å². The first-order valence-corrected chi connectivity index (χ1v) is 26.3. The van der Waals surface area contributed by atoms with Crippen LogP contribution < -0.4 is 21.7 Å². The van der Waals surface area contributed by atoms with E-state index in [1.54, 1.807) is 73.4 Å². The van der Waals surface area contributed by atoms with Gasteiger partial charge in [0, 0.05) is 89.4 Å². The van der Waals surface area contributed by atoms with E-state index in [2.05, 4.69) is 62.0 Å². The van der Waals surface area contributed by atoms with Gasteiger partial charge < -0.3 is 19.9 Å². The summed E-state index contributed by atoms with van der Waals surface area (Å²) in [7, 11) is 0. The molecule has 0 bridgehead atoms. The fraction of sp³-hybridized carbons (Fsp3) is 0.0303. The van der Waals surface area contributed by atoms with E-state index in [4.69, 9.17) is 0 Å². The minimum Gasteiger partial charge on any atom is -0.361 e. The Hall–Kier alpha value is -11.5. The molecule has 4 heterocycles. The monoisotopic (exact) mass is 1080 g/mol. The molecular formula is C66H54N12O4. The zero-order valence-corrected chi connectivity index (χ0v) is 44.5. The van der Waals surface area contributed by atoms with Crippen molar-refractivity contribution < 1.29 is 19.2 Å². The quantitative estimate of drug-likeness (QED) is 0.0392. The van der Waals surface area contributed by atoms with E-state index in [1.165, 1.54) is 0 Å². The van der Waals surface area contributed by atoms with Gasteiger partial charge in [0.1, 0.15) is 0 Å². The summed E-state index contributed by atoms with van der Waals surface area (Å²) in [5.41, 5.74) is 23.3. The lowest BCUT2D eigenvalue weighted by molar-refractivity contribution is 0.0947. The van der Waals surface area contributed by atoms with E-state index in [9.17, 15) is 19.2 Å². The van der Waals surface area contributed by atoms with Gasteiger partial charge in [-0.15, -0.1) is 0 Å². The normalized spacial score (nSPS) is 11.3. The first-order valence-electron chi connectivity index (χ1n) is 26.3. The molecular weight excluding hydrogens is 1020 g/mol. The third-order valence-corrected chi connectivity index (χ3v) is 13.1. The van der Waals surface area contributed by atoms with Gasteiger partial charge >= 0.3 is 0 Å². The minimum absolute atomic E-state index is 0.303. The van der Waals surface area contributed by atoms with Crippen LogP contribution in [0.15, 0.2) is 239 Å². The van der Waals surface area contributed by atoms with Crippen LogP contribution in [0.25, 0.3) is 65.9 Å². The topological polar surface area (TPSA) is 229 Å². The van der Waals surface area contributed by atoms with Crippen molar-refractivity contribution in [2.75, 3.05) is 0 Å². The van der Waals surface area contributed by atoms with Crippen molar-refractivity contribution in [3.8, 4) is 22.3 Å². The van der Waals surface area contributed by atoms with E-state index in [1.807, 2.05) is 184 Å². The Morgan fingerprint density at radius 3 is 0.939 bits per heavy atom. The lowest BCUT2D eigenvalue weighted by Gasteiger charge is -2.05. The maximum atomic E-state index is 12.5. The maximum absolute atomic E-state index is 12.5. The highest BCUT2D eigenvalue weighted by molar-refractivity contribution is 6.02. The Kier molecular flexibility index (Phi) is 16.9. The molecule has 8 aromatic carbocycles. The number of nitrogens with one attached hydrogen (secondary N) is 8. The predicted molar refractivity (Wildman–Crippen MR) is 329 cm³/mol. The summed E-state index contributed by atoms with van der Waals surface area (Å²) in [5, 5.41) is 20.6. The Bertz CT molecular complexity index is 3970. The zero-order valence-electron chi connectivity index (χ0n) is 44.5. The molecule has 0 fully saturated rings. The number of hydrazone groups is 4. The van der Waals surface area contributed by atoms with Crippen LogP contribution in [0.5, 0.6) is 0 Å². The number of amides is 4. The summed E-state index contributed by atoms with van der Waals surface area (Å²) in [6, 6.07) is 64.3. The summed E-state index contributed by atoms with van der Waals surface area (Å²) in [4.78, 5) is 62.9. The molecule has 0 aliphatic heterocycles. The van der Waals surface area contributed by atoms with Crippen LogP contribution in [0.3, 0.4) is 0 Å². The van der Waals surface area contributed by atoms with Crippen molar-refractivity contribution in [3.63, 3.8) is 0 Å². The number of rotatable bonds is 14. The largest absolute Gasteiger partial charge is 0.361 e. The number of fused-ring (bicyclic) bond motifs is 4. The van der Waals surface area contributed by atoms with Gasteiger partial charge in [0.2, 0.25) is 0 Å². The lowest BCUT2D eigenvalue weighted by Crippen LogP contribution is -2.17. The maximum Gasteiger partial charge on any atom is 0.271 e. The number of carbonyl (C=O) groups excluding carboxylic acids is 4. The van der Waals surface area contributed by atoms with Crippen molar-refractivity contribution in [2.24, 2.45) is 20.4 Å². The average Bonchev–Trinajstić information content (AvgIpc) is 4.42. The molecule has 0 saturated heterocycles. The first-order chi connectivity index (χ1) is 40.3. The SMILES string of the molecule is CC.O=C(N/N=C/c1c[nH]c2ccccc12)c1ccc(-c2ccc(C(=O)N/N=C/c3c[nH]c4ccccc34)cc2)cc1.O=C(N/N=C/c1cc2ccccc2[nH]1)c1ccc(-c2ccc(C(=O)N/N=C/c3cc4ccccc4[nH]3)cc2)cc1. The molecule has 8 N–H and O–H groups in total. The molecule has 0 aliphatic carbocycles. The number of carbonyl (C=O) groups is 4. The minimum atomic E-state index is -0.307. The van der Waals surface area contributed by atoms with E-state index in [-0.39, 0.29) is 23.6 Å². The fourth-order valence-electron chi connectivity index (χ4n) is 8.89. The second-order valence-corrected chi connectivity index (χ2v) is 18.3. The van der Waals surface area contributed by atoms with Crippen LogP contribution in [0.1, 0.15) is 77.8 Å². The summed E-state index contributed by atoms with van der Waals surface area (Å²) in [6.45, 7) is 4.00. The van der Waals surface area contributed by atoms with Gasteiger partial charge in [0.05, 0.1) is 36.2 Å². The van der Waals surface area contributed by atoms with Crippen LogP contribution in [0.2, 0.25) is 0 Å². The van der Waals surface area contributed by atoms with Gasteiger partial charge in [-0.2, -0.15) is 20.4 Å². The van der Waals surface area contributed by atoms with Gasteiger partial charge in [-0.1, -0.05) is 135 Å². The molecule has 402 valence electrons. The molecule has 0 saturated carbocycles. The zero-order chi connectivity index (χ0) is 56.6. The van der Waals surface area contributed by atoms with Crippen molar-refractivity contribution in [2.45, 2.75) is 13.8 Å². The van der Waals surface area contributed by atoms with E-state index in [0.29, 0.717) is 22.3 Å². The van der Waals surface area contributed by atoms with Crippen LogP contribution in [-0.4, -0.2) is 68.4 Å². The molecule has 12 rings (SSSR count). The standard InChI is InChI=1S/2C32H24N6O2.C2H6/c39-31(37-35-19-25-17-33-29-7-3-1-5-27(25)29)23-13-9-21(10-14-23)22-11-15-24(16-12-22)32(40)38-36-20-26-18-34-30-8-4-2-6-28(26)30;39-31(37-33-19-27-17-25-5-1-3-7-29(25)35-27)23-13-9-21(10-14-23)22-11-15-24(16-12-22)32(40)38-34-20-28-18-26-6-2-4-8-30(26)36-28;1-2/h1-20,33-34H,(H,37,39)(H,38,40);1-20,35-36H,(H,37,39)(H,38,40);1-2H3/b35-19+,36-20+;33-19+,34-20+;. The van der Waals surface area contributed by atoms with Crippen molar-refractivity contribution in [1.29, 1.82) is 0 Å². The number of nitrogens with zero attached hydrogens (tertiary/aromatic N) is 4. The van der Waals surface area contributed by atoms with Crippen molar-refractivity contribution >= 4 is 92.1 Å². The third-order valence-electron chi connectivity index (χ3n) is 13.1. The molecule has 12 aromatic rings. The third kappa shape index (κ3) is 13.1. The smallest absolute Gasteiger partial charge is 0.271 e. The molecule has 16 heteroatoms. The lowest BCUT2D eigenvalue weighted by atomic mass is 10.0. The number of aromatic nitrogens is 4. The van der Waals surface area contributed by atoms with Gasteiger partial charge in [0.15, 0.2) is 0 Å². The second kappa shape index (κ2) is 25.8. The van der Waals surface area contributed by atoms with Crippen molar-refractivity contribution in [3.05, 3.63) is 263 Å². The number of H-pyrrole nitrogens is 4. The number of hydrogen-bond donors (Lipinski definition) is 8. The Morgan fingerprint density at radius 2 is 0.622 bits per heavy atom. The first kappa shape index (κ1) is 53.9. The number of benzene rings is 8. The molecule has 0 radical (unpaired) electrons. The number of aromatic amines is 4. The summed E-state index contributed by atoms with van der Waals surface area (Å²) < 4.78 is 0. The Labute approximate surface area is 470 Å². The number of para-hydroxylation sites is 4. The summed E-state index contributed by atoms with van der Waals surface area (Å²) in [5.74, 6) is -1.22. The van der Waals surface area contributed by atoms with Gasteiger partial charge in [-0.3, -0.25) is 19.2 Å².